The van der Waals surface area contributed by atoms with Crippen LogP contribution in [-0.4, -0.2) is 49.1 Å². The van der Waals surface area contributed by atoms with Crippen molar-refractivity contribution in [1.29, 1.82) is 0 Å². The highest BCUT2D eigenvalue weighted by Gasteiger charge is 2.54. The zero-order chi connectivity index (χ0) is 9.71. The molecule has 0 radical (unpaired) electrons. The predicted octanol–water partition coefficient (Wildman–Crippen LogP) is -1.41. The summed E-state index contributed by atoms with van der Waals surface area (Å²) in [5, 5.41) is 2.39. The van der Waals surface area contributed by atoms with Crippen LogP contribution in [0.5, 0.6) is 0 Å². The number of hydrogen-bond donors (Lipinski definition) is 1. The Kier molecular flexibility index (Phi) is 1.66. The fourth-order valence-electron chi connectivity index (χ4n) is 2.75. The molecule has 3 atom stereocenters. The van der Waals surface area contributed by atoms with Gasteiger partial charge in [-0.05, 0) is 0 Å². The van der Waals surface area contributed by atoms with E-state index >= 15 is 0 Å². The molecule has 0 aliphatic carbocycles. The van der Waals surface area contributed by atoms with Crippen molar-refractivity contribution in [2.45, 2.75) is 6.04 Å². The van der Waals surface area contributed by atoms with Crippen molar-refractivity contribution in [3.63, 3.8) is 0 Å². The molecular formula is C9H12N2O3. The van der Waals surface area contributed by atoms with Crippen molar-refractivity contribution >= 4 is 11.8 Å². The van der Waals surface area contributed by atoms with E-state index < -0.39 is 0 Å². The topological polar surface area (TPSA) is 58.6 Å². The largest absolute Gasteiger partial charge is 0.378 e. The number of ether oxygens (including phenoxy) is 1. The second-order valence-corrected chi connectivity index (χ2v) is 4.12. The molecule has 3 aliphatic rings. The van der Waals surface area contributed by atoms with Gasteiger partial charge >= 0.3 is 0 Å². The molecule has 3 saturated heterocycles. The summed E-state index contributed by atoms with van der Waals surface area (Å²) in [5.74, 6) is -0.510. The fraction of sp³-hybridized carbons (Fsp3) is 0.778. The zero-order valence-corrected chi connectivity index (χ0v) is 7.73. The number of rotatable bonds is 0. The van der Waals surface area contributed by atoms with Crippen LogP contribution in [0.3, 0.4) is 0 Å². The van der Waals surface area contributed by atoms with Crippen LogP contribution in [0.4, 0.5) is 0 Å². The maximum atomic E-state index is 11.5. The van der Waals surface area contributed by atoms with Gasteiger partial charge in [-0.25, -0.2) is 0 Å². The molecule has 3 rings (SSSR count). The lowest BCUT2D eigenvalue weighted by Crippen LogP contribution is -2.46. The molecule has 0 aromatic carbocycles. The minimum Gasteiger partial charge on any atom is -0.378 e. The van der Waals surface area contributed by atoms with Crippen molar-refractivity contribution in [2.75, 3.05) is 26.3 Å². The lowest BCUT2D eigenvalue weighted by molar-refractivity contribution is -0.128. The third kappa shape index (κ3) is 0.965. The van der Waals surface area contributed by atoms with Gasteiger partial charge in [0.2, 0.25) is 11.8 Å². The number of carbonyl (C=O) groups is 2. The van der Waals surface area contributed by atoms with Crippen LogP contribution >= 0.6 is 0 Å². The van der Waals surface area contributed by atoms with E-state index in [2.05, 4.69) is 10.2 Å². The summed E-state index contributed by atoms with van der Waals surface area (Å²) in [6.45, 7) is 2.86. The van der Waals surface area contributed by atoms with E-state index in [1.165, 1.54) is 0 Å². The Morgan fingerprint density at radius 2 is 2.21 bits per heavy atom. The zero-order valence-electron chi connectivity index (χ0n) is 7.73. The van der Waals surface area contributed by atoms with Crippen molar-refractivity contribution in [1.82, 2.24) is 10.2 Å². The van der Waals surface area contributed by atoms with Gasteiger partial charge < -0.3 is 4.74 Å². The summed E-state index contributed by atoms with van der Waals surface area (Å²) in [5.41, 5.74) is 0. The quantitative estimate of drug-likeness (QED) is 0.484. The van der Waals surface area contributed by atoms with Crippen LogP contribution < -0.4 is 5.32 Å². The first kappa shape index (κ1) is 8.38. The van der Waals surface area contributed by atoms with Crippen molar-refractivity contribution in [2.24, 2.45) is 11.8 Å². The Hall–Kier alpha value is -0.940. The second-order valence-electron chi connectivity index (χ2n) is 4.12. The Labute approximate surface area is 81.4 Å². The number of nitrogens with one attached hydrogen (secondary N) is 1. The Bertz CT molecular complexity index is 304. The van der Waals surface area contributed by atoms with Crippen LogP contribution in [0.15, 0.2) is 0 Å². The highest BCUT2D eigenvalue weighted by molar-refractivity contribution is 6.06. The molecule has 3 aliphatic heterocycles. The van der Waals surface area contributed by atoms with Crippen LogP contribution in [0.25, 0.3) is 0 Å². The molecule has 0 bridgehead atoms. The smallest absolute Gasteiger partial charge is 0.232 e. The van der Waals surface area contributed by atoms with Gasteiger partial charge in [-0.3, -0.25) is 19.8 Å². The minimum absolute atomic E-state index is 0.102. The van der Waals surface area contributed by atoms with Crippen LogP contribution in [0, 0.1) is 11.8 Å². The van der Waals surface area contributed by atoms with E-state index in [0.29, 0.717) is 13.2 Å². The lowest BCUT2D eigenvalue weighted by atomic mass is 9.93. The molecule has 0 spiro atoms. The SMILES string of the molecule is O=C1NC(=O)[C@H]2CN3CCOC[C@@H]3[C@H]12. The van der Waals surface area contributed by atoms with Gasteiger partial charge in [0, 0.05) is 19.1 Å². The number of morpholine rings is 1. The molecule has 5 heteroatoms. The number of amides is 2. The van der Waals surface area contributed by atoms with E-state index in [9.17, 15) is 9.59 Å². The third-order valence-corrected chi connectivity index (χ3v) is 3.45. The van der Waals surface area contributed by atoms with Crippen LogP contribution in [0.2, 0.25) is 0 Å². The summed E-state index contributed by atoms with van der Waals surface area (Å²) in [6, 6.07) is 0.125. The molecule has 14 heavy (non-hydrogen) atoms. The second kappa shape index (κ2) is 2.77. The molecule has 0 unspecified atom stereocenters. The Balaban J connectivity index is 1.90. The van der Waals surface area contributed by atoms with Gasteiger partial charge in [0.05, 0.1) is 25.0 Å². The number of fused-ring (bicyclic) bond motifs is 3. The van der Waals surface area contributed by atoms with Crippen LogP contribution in [0.1, 0.15) is 0 Å². The molecule has 2 amide bonds. The third-order valence-electron chi connectivity index (χ3n) is 3.45. The highest BCUT2D eigenvalue weighted by atomic mass is 16.5. The standard InChI is InChI=1S/C9H12N2O3/c12-8-5-3-11-1-2-14-4-6(11)7(5)9(13)10-8/h5-7H,1-4H2,(H,10,12,13)/t5-,6+,7+/m0/s1. The molecule has 3 fully saturated rings. The summed E-state index contributed by atoms with van der Waals surface area (Å²) in [7, 11) is 0. The summed E-state index contributed by atoms with van der Waals surface area (Å²) >= 11 is 0. The minimum atomic E-state index is -0.164. The highest BCUT2D eigenvalue weighted by Crippen LogP contribution is 2.35. The molecule has 0 aromatic rings. The first-order valence-corrected chi connectivity index (χ1v) is 4.94. The summed E-state index contributed by atoms with van der Waals surface area (Å²) < 4.78 is 5.34. The van der Waals surface area contributed by atoms with Gasteiger partial charge in [-0.1, -0.05) is 0 Å². The first-order valence-electron chi connectivity index (χ1n) is 4.94. The first-order chi connectivity index (χ1) is 6.77. The van der Waals surface area contributed by atoms with Gasteiger partial charge in [0.25, 0.3) is 0 Å². The fourth-order valence-corrected chi connectivity index (χ4v) is 2.75. The van der Waals surface area contributed by atoms with E-state index in [4.69, 9.17) is 4.74 Å². The lowest BCUT2D eigenvalue weighted by Gasteiger charge is -2.31. The van der Waals surface area contributed by atoms with Gasteiger partial charge in [0.15, 0.2) is 0 Å². The molecule has 0 saturated carbocycles. The molecule has 76 valence electrons. The molecule has 5 nitrogen and oxygen atoms in total. The molecule has 0 aromatic heterocycles. The normalized spacial score (nSPS) is 42.1. The maximum Gasteiger partial charge on any atom is 0.232 e. The van der Waals surface area contributed by atoms with E-state index in [1.54, 1.807) is 0 Å². The van der Waals surface area contributed by atoms with Gasteiger partial charge in [0.1, 0.15) is 0 Å². The van der Waals surface area contributed by atoms with E-state index in [1.807, 2.05) is 0 Å². The number of carbonyl (C=O) groups excluding carboxylic acids is 2. The van der Waals surface area contributed by atoms with Gasteiger partial charge in [-0.15, -0.1) is 0 Å². The Morgan fingerprint density at radius 1 is 1.36 bits per heavy atom. The number of imide groups is 1. The summed E-state index contributed by atoms with van der Waals surface area (Å²) in [6.07, 6.45) is 0. The van der Waals surface area contributed by atoms with E-state index in [0.717, 1.165) is 13.1 Å². The summed E-state index contributed by atoms with van der Waals surface area (Å²) in [4.78, 5) is 25.1. The predicted molar refractivity (Wildman–Crippen MR) is 46.3 cm³/mol. The average molecular weight is 196 g/mol. The molecule has 3 heterocycles. The molecular weight excluding hydrogens is 184 g/mol. The van der Waals surface area contributed by atoms with Crippen molar-refractivity contribution in [3.05, 3.63) is 0 Å². The Morgan fingerprint density at radius 3 is 3.07 bits per heavy atom. The monoisotopic (exact) mass is 196 g/mol. The van der Waals surface area contributed by atoms with Crippen LogP contribution in [-0.2, 0) is 14.3 Å². The molecule has 1 N–H and O–H groups in total. The average Bonchev–Trinajstić information content (AvgIpc) is 2.66. The van der Waals surface area contributed by atoms with Gasteiger partial charge in [-0.2, -0.15) is 0 Å². The van der Waals surface area contributed by atoms with E-state index in [-0.39, 0.29) is 29.7 Å². The van der Waals surface area contributed by atoms with Crippen molar-refractivity contribution < 1.29 is 14.3 Å². The maximum absolute atomic E-state index is 11.5. The van der Waals surface area contributed by atoms with Crippen molar-refractivity contribution in [3.8, 4) is 0 Å². The number of nitrogens with zero attached hydrogens (tertiary/aromatic N) is 1. The number of hydrogen-bond acceptors (Lipinski definition) is 4.